The van der Waals surface area contributed by atoms with E-state index in [4.69, 9.17) is 9.47 Å². The number of anilines is 1. The second-order valence-corrected chi connectivity index (χ2v) is 7.46. The highest BCUT2D eigenvalue weighted by molar-refractivity contribution is 5.89. The Kier molecular flexibility index (Phi) is 8.87. The van der Waals surface area contributed by atoms with Crippen LogP contribution in [0.5, 0.6) is 0 Å². The van der Waals surface area contributed by atoms with Crippen molar-refractivity contribution in [2.24, 2.45) is 0 Å². The number of likely N-dealkylation sites (N-methyl/N-ethyl adjacent to an activating group) is 1. The van der Waals surface area contributed by atoms with Crippen molar-refractivity contribution in [2.75, 3.05) is 25.6 Å². The predicted octanol–water partition coefficient (Wildman–Crippen LogP) is 4.29. The van der Waals surface area contributed by atoms with Crippen LogP contribution >= 0.6 is 0 Å². The Bertz CT molecular complexity index is 806. The maximum Gasteiger partial charge on any atom is 0.337 e. The first-order valence-corrected chi connectivity index (χ1v) is 10.3. The van der Waals surface area contributed by atoms with Crippen LogP contribution in [0.4, 0.5) is 5.69 Å². The minimum absolute atomic E-state index is 0.109. The van der Waals surface area contributed by atoms with Gasteiger partial charge in [0.25, 0.3) is 0 Å². The lowest BCUT2D eigenvalue weighted by Gasteiger charge is -2.31. The highest BCUT2D eigenvalue weighted by Crippen LogP contribution is 2.22. The molecule has 1 N–H and O–H groups in total. The highest BCUT2D eigenvalue weighted by atomic mass is 16.5. The summed E-state index contributed by atoms with van der Waals surface area (Å²) in [6.45, 7) is 9.60. The molecule has 0 spiro atoms. The molecule has 0 aliphatic rings. The molecule has 0 bridgehead atoms. The maximum absolute atomic E-state index is 13.0. The number of esters is 2. The zero-order valence-corrected chi connectivity index (χ0v) is 18.4. The molecule has 2 rings (SSSR count). The molecular weight excluding hydrogens is 380 g/mol. The standard InChI is InChI=1S/C24H32N2O4/c1-6-26(17(2)3)18(4)16-30-24(28)22(25-21-10-8-7-9-11-21)19-12-14-20(15-13-19)23(27)29-5/h7-15,17-18,22,25H,6,16H2,1-5H3. The summed E-state index contributed by atoms with van der Waals surface area (Å²) in [5.74, 6) is -0.782. The van der Waals surface area contributed by atoms with E-state index in [-0.39, 0.29) is 12.0 Å². The average Bonchev–Trinajstić information content (AvgIpc) is 2.76. The number of nitrogens with zero attached hydrogens (tertiary/aromatic N) is 1. The zero-order valence-electron chi connectivity index (χ0n) is 18.4. The van der Waals surface area contributed by atoms with Crippen molar-refractivity contribution in [3.05, 3.63) is 65.7 Å². The van der Waals surface area contributed by atoms with Crippen LogP contribution in [0, 0.1) is 0 Å². The molecule has 30 heavy (non-hydrogen) atoms. The molecule has 0 heterocycles. The highest BCUT2D eigenvalue weighted by Gasteiger charge is 2.25. The van der Waals surface area contributed by atoms with E-state index >= 15 is 0 Å². The molecular formula is C24H32N2O4. The van der Waals surface area contributed by atoms with Gasteiger partial charge in [0.15, 0.2) is 6.04 Å². The van der Waals surface area contributed by atoms with Crippen molar-refractivity contribution in [3.8, 4) is 0 Å². The fourth-order valence-corrected chi connectivity index (χ4v) is 3.48. The van der Waals surface area contributed by atoms with Crippen LogP contribution in [0.2, 0.25) is 0 Å². The van der Waals surface area contributed by atoms with Gasteiger partial charge in [-0.15, -0.1) is 0 Å². The largest absolute Gasteiger partial charge is 0.465 e. The fraction of sp³-hybridized carbons (Fsp3) is 0.417. The predicted molar refractivity (Wildman–Crippen MR) is 119 cm³/mol. The summed E-state index contributed by atoms with van der Waals surface area (Å²) >= 11 is 0. The van der Waals surface area contributed by atoms with E-state index < -0.39 is 12.0 Å². The number of hydrogen-bond acceptors (Lipinski definition) is 6. The number of methoxy groups -OCH3 is 1. The molecule has 0 aliphatic heterocycles. The Morgan fingerprint density at radius 3 is 2.17 bits per heavy atom. The van der Waals surface area contributed by atoms with Gasteiger partial charge in [0.2, 0.25) is 0 Å². The smallest absolute Gasteiger partial charge is 0.337 e. The molecule has 0 aromatic heterocycles. The number of hydrogen-bond donors (Lipinski definition) is 1. The molecule has 6 heteroatoms. The lowest BCUT2D eigenvalue weighted by Crippen LogP contribution is -2.42. The summed E-state index contributed by atoms with van der Waals surface area (Å²) in [6, 6.07) is 16.1. The maximum atomic E-state index is 13.0. The number of nitrogens with one attached hydrogen (secondary N) is 1. The molecule has 2 aromatic carbocycles. The Hall–Kier alpha value is -2.86. The van der Waals surface area contributed by atoms with E-state index in [0.29, 0.717) is 23.8 Å². The minimum atomic E-state index is -0.694. The van der Waals surface area contributed by atoms with Gasteiger partial charge in [0, 0.05) is 17.8 Å². The van der Waals surface area contributed by atoms with Gasteiger partial charge in [-0.2, -0.15) is 0 Å². The Labute approximate surface area is 179 Å². The molecule has 162 valence electrons. The summed E-state index contributed by atoms with van der Waals surface area (Å²) in [4.78, 5) is 27.0. The van der Waals surface area contributed by atoms with Gasteiger partial charge < -0.3 is 14.8 Å². The van der Waals surface area contributed by atoms with E-state index in [1.165, 1.54) is 7.11 Å². The average molecular weight is 413 g/mol. The van der Waals surface area contributed by atoms with Crippen molar-refractivity contribution >= 4 is 17.6 Å². The van der Waals surface area contributed by atoms with Gasteiger partial charge in [0.05, 0.1) is 12.7 Å². The summed E-state index contributed by atoms with van der Waals surface area (Å²) in [5.41, 5.74) is 1.94. The van der Waals surface area contributed by atoms with Crippen LogP contribution < -0.4 is 5.32 Å². The van der Waals surface area contributed by atoms with Crippen molar-refractivity contribution < 1.29 is 19.1 Å². The molecule has 0 saturated heterocycles. The van der Waals surface area contributed by atoms with Crippen LogP contribution in [-0.2, 0) is 14.3 Å². The second kappa shape index (κ2) is 11.4. The van der Waals surface area contributed by atoms with E-state index in [1.807, 2.05) is 30.3 Å². The van der Waals surface area contributed by atoms with Crippen LogP contribution in [0.3, 0.4) is 0 Å². The summed E-state index contributed by atoms with van der Waals surface area (Å²) in [6.07, 6.45) is 0. The molecule has 6 nitrogen and oxygen atoms in total. The van der Waals surface area contributed by atoms with Gasteiger partial charge in [-0.25, -0.2) is 9.59 Å². The van der Waals surface area contributed by atoms with E-state index in [2.05, 4.69) is 37.9 Å². The minimum Gasteiger partial charge on any atom is -0.465 e. The van der Waals surface area contributed by atoms with Crippen LogP contribution in [-0.4, -0.2) is 49.2 Å². The lowest BCUT2D eigenvalue weighted by molar-refractivity contribution is -0.146. The van der Waals surface area contributed by atoms with E-state index in [9.17, 15) is 9.59 Å². The molecule has 0 amide bonds. The van der Waals surface area contributed by atoms with Gasteiger partial charge in [0.1, 0.15) is 6.61 Å². The lowest BCUT2D eigenvalue weighted by atomic mass is 10.0. The van der Waals surface area contributed by atoms with Crippen molar-refractivity contribution in [1.29, 1.82) is 0 Å². The third-order valence-electron chi connectivity index (χ3n) is 5.05. The Morgan fingerprint density at radius 1 is 1.00 bits per heavy atom. The van der Waals surface area contributed by atoms with Crippen molar-refractivity contribution in [3.63, 3.8) is 0 Å². The van der Waals surface area contributed by atoms with Crippen LogP contribution in [0.25, 0.3) is 0 Å². The molecule has 2 unspecified atom stereocenters. The first-order valence-electron chi connectivity index (χ1n) is 10.3. The Balaban J connectivity index is 2.18. The summed E-state index contributed by atoms with van der Waals surface area (Å²) in [5, 5.41) is 3.24. The van der Waals surface area contributed by atoms with E-state index in [0.717, 1.165) is 12.2 Å². The summed E-state index contributed by atoms with van der Waals surface area (Å²) in [7, 11) is 1.34. The fourth-order valence-electron chi connectivity index (χ4n) is 3.48. The first-order chi connectivity index (χ1) is 14.4. The molecule has 0 saturated carbocycles. The van der Waals surface area contributed by atoms with Gasteiger partial charge in [-0.1, -0.05) is 37.3 Å². The number of para-hydroxylation sites is 1. The SMILES string of the molecule is CCN(C(C)C)C(C)COC(=O)C(Nc1ccccc1)c1ccc(C(=O)OC)cc1. The molecule has 2 atom stereocenters. The topological polar surface area (TPSA) is 67.9 Å². The Morgan fingerprint density at radius 2 is 1.63 bits per heavy atom. The van der Waals surface area contributed by atoms with Gasteiger partial charge in [-0.05, 0) is 57.1 Å². The van der Waals surface area contributed by atoms with E-state index in [1.54, 1.807) is 24.3 Å². The number of ether oxygens (including phenoxy) is 2. The number of carbonyl (C=O) groups excluding carboxylic acids is 2. The van der Waals surface area contributed by atoms with Gasteiger partial charge >= 0.3 is 11.9 Å². The molecule has 2 aromatic rings. The number of benzene rings is 2. The normalized spacial score (nSPS) is 13.0. The number of rotatable bonds is 10. The zero-order chi connectivity index (χ0) is 22.1. The van der Waals surface area contributed by atoms with Crippen LogP contribution in [0.15, 0.2) is 54.6 Å². The van der Waals surface area contributed by atoms with Crippen LogP contribution in [0.1, 0.15) is 49.7 Å². The first kappa shape index (κ1) is 23.4. The summed E-state index contributed by atoms with van der Waals surface area (Å²) < 4.78 is 10.4. The van der Waals surface area contributed by atoms with Crippen molar-refractivity contribution in [1.82, 2.24) is 4.90 Å². The third kappa shape index (κ3) is 6.32. The van der Waals surface area contributed by atoms with Crippen molar-refractivity contribution in [2.45, 2.75) is 45.8 Å². The second-order valence-electron chi connectivity index (χ2n) is 7.46. The molecule has 0 fully saturated rings. The quantitative estimate of drug-likeness (QED) is 0.587. The monoisotopic (exact) mass is 412 g/mol. The number of carbonyl (C=O) groups is 2. The third-order valence-corrected chi connectivity index (χ3v) is 5.05. The van der Waals surface area contributed by atoms with Gasteiger partial charge in [-0.3, -0.25) is 4.90 Å². The molecule has 0 aliphatic carbocycles. The molecule has 0 radical (unpaired) electrons.